The molecule has 2 aliphatic rings. The predicted octanol–water partition coefficient (Wildman–Crippen LogP) is -1.35. The van der Waals surface area contributed by atoms with Crippen molar-refractivity contribution < 1.29 is 9.59 Å². The van der Waals surface area contributed by atoms with E-state index in [1.807, 2.05) is 4.90 Å². The summed E-state index contributed by atoms with van der Waals surface area (Å²) in [6.07, 6.45) is 1.93. The molecule has 0 atom stereocenters. The average Bonchev–Trinajstić information content (AvgIpc) is 2.85. The van der Waals surface area contributed by atoms with Crippen LogP contribution in [0.25, 0.3) is 0 Å². The van der Waals surface area contributed by atoms with E-state index in [4.69, 9.17) is 0 Å². The lowest BCUT2D eigenvalue weighted by Crippen LogP contribution is -2.45. The Bertz CT molecular complexity index is 468. The number of amides is 2. The highest BCUT2D eigenvalue weighted by atomic mass is 16.1. The molecule has 2 fully saturated rings. The van der Waals surface area contributed by atoms with Crippen LogP contribution in [0.3, 0.4) is 0 Å². The van der Waals surface area contributed by atoms with E-state index in [9.17, 15) is 9.59 Å². The molecule has 0 spiro atoms. The summed E-state index contributed by atoms with van der Waals surface area (Å²) in [5.41, 5.74) is 0. The second-order valence-electron chi connectivity index (χ2n) is 8.84. The van der Waals surface area contributed by atoms with Gasteiger partial charge in [-0.1, -0.05) is 20.8 Å². The number of carbonyl (C=O) groups is 2. The van der Waals surface area contributed by atoms with Crippen LogP contribution >= 0.6 is 0 Å². The Morgan fingerprint density at radius 2 is 0.765 bits per heavy atom. The quantitative estimate of drug-likeness (QED) is 0.413. The zero-order valence-corrected chi connectivity index (χ0v) is 22.1. The Morgan fingerprint density at radius 1 is 0.471 bits per heavy atom. The van der Waals surface area contributed by atoms with E-state index >= 15 is 0 Å². The molecule has 3 N–H and O–H groups in total. The second-order valence-corrected chi connectivity index (χ2v) is 8.84. The average molecular weight is 485 g/mol. The minimum atomic E-state index is 0.797. The van der Waals surface area contributed by atoms with Crippen molar-refractivity contribution in [3.8, 4) is 0 Å². The summed E-state index contributed by atoms with van der Waals surface area (Å²) < 4.78 is 0. The summed E-state index contributed by atoms with van der Waals surface area (Å²) in [6.45, 7) is 25.3. The maximum Gasteiger partial charge on any atom is 0.209 e. The molecule has 0 aliphatic carbocycles. The highest BCUT2D eigenvalue weighted by Gasteiger charge is 2.13. The molecular formula is C24H52N8O2. The summed E-state index contributed by atoms with van der Waals surface area (Å²) in [5, 5.41) is 9.89. The van der Waals surface area contributed by atoms with Gasteiger partial charge >= 0.3 is 0 Å². The fourth-order valence-electron chi connectivity index (χ4n) is 4.00. The molecule has 0 saturated carbocycles. The van der Waals surface area contributed by atoms with Crippen molar-refractivity contribution in [2.75, 3.05) is 124 Å². The van der Waals surface area contributed by atoms with Crippen LogP contribution in [-0.4, -0.2) is 162 Å². The van der Waals surface area contributed by atoms with Gasteiger partial charge in [-0.3, -0.25) is 9.59 Å². The van der Waals surface area contributed by atoms with Crippen molar-refractivity contribution in [2.45, 2.75) is 20.8 Å². The zero-order chi connectivity index (χ0) is 24.9. The van der Waals surface area contributed by atoms with Crippen LogP contribution < -0.4 is 16.0 Å². The molecule has 0 unspecified atom stereocenters. The minimum Gasteiger partial charge on any atom is -0.343 e. The lowest BCUT2D eigenvalue weighted by Gasteiger charge is -2.32. The number of likely N-dealkylation sites (N-methyl/N-ethyl adjacent to an activating group) is 3. The first-order chi connectivity index (χ1) is 16.7. The van der Waals surface area contributed by atoms with Crippen LogP contribution in [0.15, 0.2) is 0 Å². The normalized spacial score (nSPS) is 22.2. The molecule has 0 aromatic heterocycles. The van der Waals surface area contributed by atoms with Gasteiger partial charge in [-0.15, -0.1) is 0 Å². The van der Waals surface area contributed by atoms with Gasteiger partial charge in [0.05, 0.1) is 0 Å². The number of rotatable bonds is 5. The lowest BCUT2D eigenvalue weighted by molar-refractivity contribution is -0.119. The Labute approximate surface area is 208 Å². The van der Waals surface area contributed by atoms with Gasteiger partial charge in [0.2, 0.25) is 12.8 Å². The summed E-state index contributed by atoms with van der Waals surface area (Å²) >= 11 is 0. The first-order valence-corrected chi connectivity index (χ1v) is 13.3. The van der Waals surface area contributed by atoms with Gasteiger partial charge in [-0.2, -0.15) is 0 Å². The third-order valence-electron chi connectivity index (χ3n) is 6.62. The molecule has 0 aromatic carbocycles. The largest absolute Gasteiger partial charge is 0.343 e. The van der Waals surface area contributed by atoms with Crippen LogP contribution in [0.1, 0.15) is 20.8 Å². The summed E-state index contributed by atoms with van der Waals surface area (Å²) in [6, 6.07) is 0. The van der Waals surface area contributed by atoms with Gasteiger partial charge in [0.15, 0.2) is 0 Å². The van der Waals surface area contributed by atoms with E-state index in [1.54, 1.807) is 4.90 Å². The van der Waals surface area contributed by atoms with E-state index in [1.165, 1.54) is 0 Å². The molecule has 34 heavy (non-hydrogen) atoms. The summed E-state index contributed by atoms with van der Waals surface area (Å²) in [7, 11) is 0. The fraction of sp³-hybridized carbons (Fsp3) is 0.917. The lowest BCUT2D eigenvalue weighted by atomic mass is 10.3. The van der Waals surface area contributed by atoms with Crippen molar-refractivity contribution in [3.05, 3.63) is 0 Å². The Balaban J connectivity index is 0.000000362. The predicted molar refractivity (Wildman–Crippen MR) is 140 cm³/mol. The zero-order valence-electron chi connectivity index (χ0n) is 22.1. The molecule has 10 nitrogen and oxygen atoms in total. The van der Waals surface area contributed by atoms with Gasteiger partial charge in [0.1, 0.15) is 0 Å². The van der Waals surface area contributed by atoms with Crippen LogP contribution in [0.4, 0.5) is 0 Å². The first kappa shape index (κ1) is 30.7. The number of nitrogens with zero attached hydrogens (tertiary/aromatic N) is 5. The van der Waals surface area contributed by atoms with Crippen LogP contribution in [0.2, 0.25) is 0 Å². The molecule has 10 heteroatoms. The van der Waals surface area contributed by atoms with Crippen molar-refractivity contribution in [1.82, 2.24) is 40.4 Å². The van der Waals surface area contributed by atoms with Crippen LogP contribution in [-0.2, 0) is 9.59 Å². The van der Waals surface area contributed by atoms with E-state index in [-0.39, 0.29) is 0 Å². The Hall–Kier alpha value is -1.30. The van der Waals surface area contributed by atoms with Crippen molar-refractivity contribution in [1.29, 1.82) is 0 Å². The van der Waals surface area contributed by atoms with Crippen LogP contribution in [0.5, 0.6) is 0 Å². The number of nitrogens with one attached hydrogen (secondary N) is 3. The molecule has 2 aliphatic heterocycles. The van der Waals surface area contributed by atoms with Gasteiger partial charge in [0.25, 0.3) is 0 Å². The summed E-state index contributed by atoms with van der Waals surface area (Å²) in [5.74, 6) is 0. The van der Waals surface area contributed by atoms with Crippen molar-refractivity contribution >= 4 is 12.8 Å². The molecular weight excluding hydrogens is 432 g/mol. The van der Waals surface area contributed by atoms with Gasteiger partial charge in [0, 0.05) is 105 Å². The first-order valence-electron chi connectivity index (χ1n) is 13.3. The van der Waals surface area contributed by atoms with E-state index in [2.05, 4.69) is 51.4 Å². The highest BCUT2D eigenvalue weighted by molar-refractivity contribution is 5.47. The second kappa shape index (κ2) is 21.0. The SMILES string of the molecule is CCN1CCN(C=O)CCN(CC)CCN(CC)CC1.O=CN1CCNCCNCCNCC1. The van der Waals surface area contributed by atoms with Gasteiger partial charge in [-0.05, 0) is 19.6 Å². The van der Waals surface area contributed by atoms with E-state index < -0.39 is 0 Å². The van der Waals surface area contributed by atoms with E-state index in [0.29, 0.717) is 0 Å². The maximum atomic E-state index is 11.1. The highest BCUT2D eigenvalue weighted by Crippen LogP contribution is 1.99. The molecule has 200 valence electrons. The Kier molecular flexibility index (Phi) is 19.0. The number of hydrogen-bond acceptors (Lipinski definition) is 8. The van der Waals surface area contributed by atoms with Crippen molar-refractivity contribution in [2.24, 2.45) is 0 Å². The number of carbonyl (C=O) groups excluding carboxylic acids is 2. The third-order valence-corrected chi connectivity index (χ3v) is 6.62. The molecule has 0 bridgehead atoms. The third kappa shape index (κ3) is 14.9. The maximum absolute atomic E-state index is 11.1. The molecule has 2 amide bonds. The molecule has 2 saturated heterocycles. The smallest absolute Gasteiger partial charge is 0.209 e. The van der Waals surface area contributed by atoms with Gasteiger partial charge in [-0.25, -0.2) is 0 Å². The minimum absolute atomic E-state index is 0.797. The fourth-order valence-corrected chi connectivity index (χ4v) is 4.00. The molecule has 2 heterocycles. The Morgan fingerprint density at radius 3 is 1.09 bits per heavy atom. The molecule has 0 aromatic rings. The molecule has 0 radical (unpaired) electrons. The van der Waals surface area contributed by atoms with Crippen molar-refractivity contribution in [3.63, 3.8) is 0 Å². The summed E-state index contributed by atoms with van der Waals surface area (Å²) in [4.78, 5) is 32.9. The van der Waals surface area contributed by atoms with E-state index in [0.717, 1.165) is 137 Å². The molecule has 2 rings (SSSR count). The number of hydrogen-bond donors (Lipinski definition) is 3. The van der Waals surface area contributed by atoms with Gasteiger partial charge < -0.3 is 40.4 Å². The monoisotopic (exact) mass is 484 g/mol. The topological polar surface area (TPSA) is 86.4 Å². The standard InChI is InChI=1S/C15H32N4O.C9H20N4O/c1-4-16-7-9-17(5-2)11-13-19(15-20)14-12-18(6-3)10-8-16;14-9-13-7-5-11-3-1-10-2-4-12-6-8-13/h15H,4-14H2,1-3H3;9-12H,1-8H2. The van der Waals surface area contributed by atoms with Crippen LogP contribution in [0, 0.1) is 0 Å².